The Labute approximate surface area is 215 Å². The van der Waals surface area contributed by atoms with Gasteiger partial charge in [-0.1, -0.05) is 25.5 Å². The third-order valence-corrected chi connectivity index (χ3v) is 8.53. The van der Waals surface area contributed by atoms with Gasteiger partial charge in [0, 0.05) is 32.1 Å². The number of nitrogens with zero attached hydrogens (tertiary/aromatic N) is 3. The quantitative estimate of drug-likeness (QED) is 0.500. The van der Waals surface area contributed by atoms with E-state index in [0.29, 0.717) is 44.9 Å². The van der Waals surface area contributed by atoms with Crippen LogP contribution in [0.15, 0.2) is 24.3 Å². The number of piperidine rings is 1. The lowest BCUT2D eigenvalue weighted by Gasteiger charge is -2.41. The largest absolute Gasteiger partial charge is 0.497 e. The Morgan fingerprint density at radius 2 is 1.83 bits per heavy atom. The van der Waals surface area contributed by atoms with Crippen molar-refractivity contribution in [3.63, 3.8) is 0 Å². The van der Waals surface area contributed by atoms with E-state index in [2.05, 4.69) is 24.2 Å². The van der Waals surface area contributed by atoms with E-state index in [1.165, 1.54) is 11.3 Å². The zero-order valence-electron chi connectivity index (χ0n) is 22.1. The number of aryl methyl sites for hydroxylation is 1. The summed E-state index contributed by atoms with van der Waals surface area (Å²) in [5.74, 6) is 0.960. The van der Waals surface area contributed by atoms with E-state index in [-0.39, 0.29) is 23.8 Å². The van der Waals surface area contributed by atoms with Crippen molar-refractivity contribution in [2.45, 2.75) is 76.3 Å². The molecule has 0 saturated carbocycles. The summed E-state index contributed by atoms with van der Waals surface area (Å²) in [7, 11) is 3.76. The highest BCUT2D eigenvalue weighted by Gasteiger charge is 2.55. The Bertz CT molecular complexity index is 928. The van der Waals surface area contributed by atoms with E-state index in [1.807, 2.05) is 29.2 Å². The maximum atomic E-state index is 13.7. The topological polar surface area (TPSA) is 82.2 Å². The summed E-state index contributed by atoms with van der Waals surface area (Å²) in [5, 5.41) is 3.13. The summed E-state index contributed by atoms with van der Waals surface area (Å²) in [6.07, 6.45) is 7.25. The molecule has 8 nitrogen and oxygen atoms in total. The predicted molar refractivity (Wildman–Crippen MR) is 139 cm³/mol. The fourth-order valence-corrected chi connectivity index (χ4v) is 6.34. The maximum absolute atomic E-state index is 13.7. The normalized spacial score (nSPS) is 25.5. The molecule has 0 unspecified atom stereocenters. The van der Waals surface area contributed by atoms with Crippen molar-refractivity contribution in [1.29, 1.82) is 0 Å². The van der Waals surface area contributed by atoms with Crippen molar-refractivity contribution in [1.82, 2.24) is 20.0 Å². The Morgan fingerprint density at radius 3 is 2.44 bits per heavy atom. The second-order valence-electron chi connectivity index (χ2n) is 10.7. The van der Waals surface area contributed by atoms with E-state index in [0.717, 1.165) is 50.0 Å². The summed E-state index contributed by atoms with van der Waals surface area (Å²) in [4.78, 5) is 45.2. The molecule has 8 heteroatoms. The molecule has 1 aromatic carbocycles. The smallest absolute Gasteiger partial charge is 0.325 e. The number of urea groups is 1. The van der Waals surface area contributed by atoms with E-state index >= 15 is 0 Å². The minimum absolute atomic E-state index is 0.0543. The molecule has 3 heterocycles. The molecule has 3 saturated heterocycles. The van der Waals surface area contributed by atoms with E-state index in [1.54, 1.807) is 7.11 Å². The highest BCUT2D eigenvalue weighted by molar-refractivity contribution is 6.07. The molecule has 1 aromatic rings. The van der Waals surface area contributed by atoms with Crippen LogP contribution in [0.5, 0.6) is 5.75 Å². The predicted octanol–water partition coefficient (Wildman–Crippen LogP) is 3.44. The van der Waals surface area contributed by atoms with Gasteiger partial charge in [0.25, 0.3) is 5.91 Å². The number of carbonyl (C=O) groups excluding carboxylic acids is 3. The Morgan fingerprint density at radius 1 is 1.11 bits per heavy atom. The van der Waals surface area contributed by atoms with Gasteiger partial charge >= 0.3 is 6.03 Å². The molecule has 3 fully saturated rings. The number of benzene rings is 1. The Kier molecular flexibility index (Phi) is 8.54. The number of methoxy groups -OCH3 is 1. The van der Waals surface area contributed by atoms with Crippen LogP contribution in [0.4, 0.5) is 4.79 Å². The summed E-state index contributed by atoms with van der Waals surface area (Å²) in [5.41, 5.74) is 0.287. The van der Waals surface area contributed by atoms with Crippen molar-refractivity contribution in [2.24, 2.45) is 5.92 Å². The van der Waals surface area contributed by atoms with Gasteiger partial charge in [0.15, 0.2) is 0 Å². The first-order valence-electron chi connectivity index (χ1n) is 13.6. The monoisotopic (exact) mass is 498 g/mol. The molecule has 1 N–H and O–H groups in total. The Hall–Kier alpha value is -2.61. The van der Waals surface area contributed by atoms with Gasteiger partial charge in [0.2, 0.25) is 5.91 Å². The van der Waals surface area contributed by atoms with Gasteiger partial charge in [0.1, 0.15) is 11.3 Å². The first kappa shape index (κ1) is 26.5. The van der Waals surface area contributed by atoms with Crippen LogP contribution in [0.25, 0.3) is 0 Å². The number of imide groups is 1. The van der Waals surface area contributed by atoms with Crippen molar-refractivity contribution in [3.8, 4) is 5.75 Å². The number of carbonyl (C=O) groups is 3. The number of hydrogen-bond donors (Lipinski definition) is 1. The number of ether oxygens (including phenoxy) is 1. The van der Waals surface area contributed by atoms with E-state index < -0.39 is 5.54 Å². The number of hydrogen-bond acceptors (Lipinski definition) is 5. The molecule has 4 amide bonds. The van der Waals surface area contributed by atoms with Crippen LogP contribution in [0.3, 0.4) is 0 Å². The fourth-order valence-electron chi connectivity index (χ4n) is 6.34. The molecule has 0 spiro atoms. The average molecular weight is 499 g/mol. The lowest BCUT2D eigenvalue weighted by Crippen LogP contribution is -2.56. The van der Waals surface area contributed by atoms with Crippen LogP contribution in [-0.4, -0.2) is 84.5 Å². The molecule has 0 aliphatic carbocycles. The SMILES string of the molecule is CCC[C@]1(C2CCN(C(=O)CCc3ccc(OC)cc3)CC2)NC(=O)N(CC[C@H]2CCCN2C)C1=O. The van der Waals surface area contributed by atoms with Crippen LogP contribution >= 0.6 is 0 Å². The lowest BCUT2D eigenvalue weighted by atomic mass is 9.74. The van der Waals surface area contributed by atoms with Gasteiger partial charge < -0.3 is 19.9 Å². The summed E-state index contributed by atoms with van der Waals surface area (Å²) in [6.45, 7) is 4.89. The molecule has 3 aliphatic heterocycles. The van der Waals surface area contributed by atoms with Gasteiger partial charge in [-0.05, 0) is 82.2 Å². The molecule has 3 aliphatic rings. The third kappa shape index (κ3) is 5.53. The zero-order valence-corrected chi connectivity index (χ0v) is 22.1. The molecular weight excluding hydrogens is 456 g/mol. The van der Waals surface area contributed by atoms with Crippen LogP contribution in [0, 0.1) is 5.92 Å². The van der Waals surface area contributed by atoms with Crippen LogP contribution in [0.2, 0.25) is 0 Å². The van der Waals surface area contributed by atoms with Crippen LogP contribution in [0.1, 0.15) is 63.9 Å². The van der Waals surface area contributed by atoms with Crippen molar-refractivity contribution < 1.29 is 19.1 Å². The van der Waals surface area contributed by atoms with E-state index in [9.17, 15) is 14.4 Å². The molecule has 4 rings (SSSR count). The fraction of sp³-hybridized carbons (Fsp3) is 0.679. The first-order valence-corrected chi connectivity index (χ1v) is 13.6. The minimum atomic E-state index is -0.828. The van der Waals surface area contributed by atoms with Gasteiger partial charge in [-0.25, -0.2) is 4.79 Å². The Balaban J connectivity index is 1.32. The average Bonchev–Trinajstić information content (AvgIpc) is 3.41. The molecule has 2 atom stereocenters. The van der Waals surface area contributed by atoms with Crippen molar-refractivity contribution in [2.75, 3.05) is 40.3 Å². The summed E-state index contributed by atoms with van der Waals surface area (Å²) in [6, 6.07) is 8.03. The molecule has 198 valence electrons. The number of nitrogens with one attached hydrogen (secondary N) is 1. The van der Waals surface area contributed by atoms with Crippen LogP contribution < -0.4 is 10.1 Å². The second-order valence-corrected chi connectivity index (χ2v) is 10.7. The molecule has 0 radical (unpaired) electrons. The number of likely N-dealkylation sites (tertiary alicyclic amines) is 2. The standard InChI is InChI=1S/C28H42N4O4/c1-4-16-28(26(34)32(27(35)29-28)20-15-23-6-5-17-30(23)2)22-13-18-31(19-14-22)25(33)12-9-21-7-10-24(36-3)11-8-21/h7-8,10-11,22-23H,4-6,9,12-20H2,1-3H3,(H,29,35)/t23-,28-/m1/s1. The minimum Gasteiger partial charge on any atom is -0.497 e. The van der Waals surface area contributed by atoms with Crippen molar-refractivity contribution >= 4 is 17.8 Å². The number of amides is 4. The first-order chi connectivity index (χ1) is 17.4. The highest BCUT2D eigenvalue weighted by Crippen LogP contribution is 2.37. The highest BCUT2D eigenvalue weighted by atomic mass is 16.5. The summed E-state index contributed by atoms with van der Waals surface area (Å²) >= 11 is 0. The van der Waals surface area contributed by atoms with Crippen molar-refractivity contribution in [3.05, 3.63) is 29.8 Å². The number of rotatable bonds is 10. The molecule has 36 heavy (non-hydrogen) atoms. The lowest BCUT2D eigenvalue weighted by molar-refractivity contribution is -0.136. The third-order valence-electron chi connectivity index (χ3n) is 8.53. The van der Waals surface area contributed by atoms with Gasteiger partial charge in [0.05, 0.1) is 7.11 Å². The second kappa shape index (κ2) is 11.6. The summed E-state index contributed by atoms with van der Waals surface area (Å²) < 4.78 is 5.20. The van der Waals surface area contributed by atoms with Gasteiger partial charge in [-0.3, -0.25) is 14.5 Å². The maximum Gasteiger partial charge on any atom is 0.325 e. The molecule has 0 aromatic heterocycles. The van der Waals surface area contributed by atoms with Crippen LogP contribution in [-0.2, 0) is 16.0 Å². The molecule has 0 bridgehead atoms. The van der Waals surface area contributed by atoms with E-state index in [4.69, 9.17) is 4.74 Å². The zero-order chi connectivity index (χ0) is 25.7. The molecular formula is C28H42N4O4. The van der Waals surface area contributed by atoms with Gasteiger partial charge in [-0.15, -0.1) is 0 Å². The van der Waals surface area contributed by atoms with Gasteiger partial charge in [-0.2, -0.15) is 0 Å².